The molecule has 0 fully saturated rings. The number of hydrogen-bond acceptors (Lipinski definition) is 12. The van der Waals surface area contributed by atoms with Crippen LogP contribution in [0, 0.1) is 13.8 Å². The zero-order valence-electron chi connectivity index (χ0n) is 28.7. The number of nitrogens with one attached hydrogen (secondary N) is 2. The topological polar surface area (TPSA) is 290 Å². The van der Waals surface area contributed by atoms with Gasteiger partial charge in [0.15, 0.2) is 11.4 Å². The molecule has 6 rings (SSSR count). The third-order valence-corrected chi connectivity index (χ3v) is 9.07. The zero-order chi connectivity index (χ0) is 37.8. The number of phenolic OH excluding ortho intramolecular Hbond substituents is 1. The predicted octanol–water partition coefficient (Wildman–Crippen LogP) is 0.138. The van der Waals surface area contributed by atoms with Gasteiger partial charge in [-0.05, 0) is 68.4 Å². The third-order valence-electron chi connectivity index (χ3n) is 7.19. The summed E-state index contributed by atoms with van der Waals surface area (Å²) >= 11 is 0. The molecule has 0 atom stereocenters. The maximum atomic E-state index is 12.5. The van der Waals surface area contributed by atoms with Crippen molar-refractivity contribution in [2.45, 2.75) is 23.6 Å². The maximum absolute atomic E-state index is 12.5. The summed E-state index contributed by atoms with van der Waals surface area (Å²) in [5.41, 5.74) is 1.04. The van der Waals surface area contributed by atoms with Gasteiger partial charge in [0.1, 0.15) is 16.3 Å². The summed E-state index contributed by atoms with van der Waals surface area (Å²) in [7, 11) is -7.69. The minimum atomic E-state index is -3.99. The molecule has 0 bridgehead atoms. The van der Waals surface area contributed by atoms with Crippen LogP contribution in [-0.4, -0.2) is 41.5 Å². The molecule has 0 aliphatic rings. The molecular formula is C32H30CrN10NaO8S2+. The van der Waals surface area contributed by atoms with E-state index in [0.29, 0.717) is 22.8 Å². The van der Waals surface area contributed by atoms with Gasteiger partial charge in [-0.1, -0.05) is 48.2 Å². The Labute approximate surface area is 340 Å². The Kier molecular flexibility index (Phi) is 14.4. The number of aryl methyl sites for hydroxylation is 2. The first-order chi connectivity index (χ1) is 24.5. The second-order valence-electron chi connectivity index (χ2n) is 11.0. The summed E-state index contributed by atoms with van der Waals surface area (Å²) < 4.78 is 48.4. The number of azo groups is 2. The Balaban J connectivity index is 0.000000280. The Morgan fingerprint density at radius 2 is 1.11 bits per heavy atom. The van der Waals surface area contributed by atoms with Gasteiger partial charge in [0, 0.05) is 17.4 Å². The first kappa shape index (κ1) is 43.5. The van der Waals surface area contributed by atoms with Gasteiger partial charge < -0.3 is 10.2 Å². The molecule has 0 aliphatic carbocycles. The first-order valence-electron chi connectivity index (χ1n) is 14.9. The van der Waals surface area contributed by atoms with Crippen LogP contribution < -0.4 is 56.1 Å². The number of benzene rings is 4. The number of hydrogen-bond donors (Lipinski definition) is 5. The Bertz CT molecular complexity index is 2490. The van der Waals surface area contributed by atoms with E-state index in [2.05, 4.69) is 35.8 Å². The van der Waals surface area contributed by atoms with E-state index in [1.807, 2.05) is 12.1 Å². The number of rotatable bonds is 8. The fraction of sp³-hybridized carbons (Fsp3) is 0.0625. The number of nitrogens with zero attached hydrogens (tertiary/aromatic N) is 6. The Morgan fingerprint density at radius 3 is 1.56 bits per heavy atom. The molecular weight excluding hydrogens is 792 g/mol. The van der Waals surface area contributed by atoms with Crippen LogP contribution in [0.15, 0.2) is 137 Å². The number of primary sulfonamides is 1. The van der Waals surface area contributed by atoms with Crippen LogP contribution in [0.3, 0.4) is 0 Å². The van der Waals surface area contributed by atoms with Gasteiger partial charge in [-0.25, -0.2) is 28.1 Å². The van der Waals surface area contributed by atoms with E-state index in [1.165, 1.54) is 21.5 Å². The molecule has 8 N–H and O–H groups in total. The molecule has 274 valence electrons. The zero-order valence-corrected chi connectivity index (χ0v) is 33.6. The number of sulfonamides is 2. The van der Waals surface area contributed by atoms with Crippen molar-refractivity contribution in [2.75, 3.05) is 0 Å². The normalized spacial score (nSPS) is 11.5. The monoisotopic (exact) mass is 821 g/mol. The van der Waals surface area contributed by atoms with E-state index < -0.39 is 36.9 Å². The largest absolute Gasteiger partial charge is 1.00 e. The molecule has 0 radical (unpaired) electrons. The van der Waals surface area contributed by atoms with Gasteiger partial charge in [-0.15, -0.1) is 15.3 Å². The molecule has 4 aromatic carbocycles. The second kappa shape index (κ2) is 17.9. The van der Waals surface area contributed by atoms with Crippen LogP contribution in [0.5, 0.6) is 11.5 Å². The number of quaternary nitrogens is 1. The van der Waals surface area contributed by atoms with Crippen LogP contribution in [0.2, 0.25) is 0 Å². The van der Waals surface area contributed by atoms with E-state index in [9.17, 15) is 36.6 Å². The smallest absolute Gasteiger partial charge is 0.871 e. The van der Waals surface area contributed by atoms with Crippen molar-refractivity contribution in [3.8, 4) is 22.9 Å². The number of nitrogens with two attached hydrogens (primary N) is 1. The van der Waals surface area contributed by atoms with Gasteiger partial charge in [0.25, 0.3) is 11.1 Å². The van der Waals surface area contributed by atoms with E-state index in [1.54, 1.807) is 62.4 Å². The number of aromatic hydroxyl groups is 1. The summed E-state index contributed by atoms with van der Waals surface area (Å²) in [5, 5.41) is 50.8. The number of H-pyrrole nitrogens is 2. The van der Waals surface area contributed by atoms with Crippen LogP contribution in [0.1, 0.15) is 11.4 Å². The molecule has 0 spiro atoms. The Hall–Kier alpha value is -4.95. The third kappa shape index (κ3) is 10.2. The molecule has 0 saturated heterocycles. The van der Waals surface area contributed by atoms with Crippen molar-refractivity contribution < 1.29 is 79.1 Å². The molecule has 2 aromatic heterocycles. The van der Waals surface area contributed by atoms with Crippen molar-refractivity contribution >= 4 is 42.8 Å². The quantitative estimate of drug-likeness (QED) is 0.104. The average Bonchev–Trinajstić information content (AvgIpc) is 3.56. The minimum absolute atomic E-state index is 0. The number of para-hydroxylation sites is 2. The average molecular weight is 822 g/mol. The van der Waals surface area contributed by atoms with Crippen molar-refractivity contribution in [1.29, 1.82) is 0 Å². The molecule has 0 saturated carbocycles. The second-order valence-corrected chi connectivity index (χ2v) is 14.2. The van der Waals surface area contributed by atoms with Gasteiger partial charge in [-0.3, -0.25) is 19.8 Å². The predicted molar refractivity (Wildman–Crippen MR) is 186 cm³/mol. The summed E-state index contributed by atoms with van der Waals surface area (Å²) in [6.45, 7) is 3.29. The SMILES string of the molecule is Cc1[nH]n(-c2ccccc2)c(=O)c1N=Nc1cc(S(N)(=O)=O)ccc1[O-].Cc1[nH]n(-c2ccccc2)c(=O)c1N=Nc1cc(S([NH3+])(=O)=O)ccc1O.[Cr].[Na+]. The van der Waals surface area contributed by atoms with Gasteiger partial charge in [0.05, 0.1) is 33.3 Å². The molecule has 0 amide bonds. The van der Waals surface area contributed by atoms with Crippen LogP contribution >= 0.6 is 0 Å². The van der Waals surface area contributed by atoms with Crippen LogP contribution in [0.25, 0.3) is 11.4 Å². The standard InChI is InChI=1S/2C16H15N5O4S.Cr.Na/c2*1-10-15(16(23)21(20-10)11-5-3-2-4-6-11)19-18-13-9-12(26(17,24)25)7-8-14(13)22;;/h2*2-9,20,22H,1H3,(H2,17,24,25);;/q;;;+1. The van der Waals surface area contributed by atoms with Gasteiger partial charge in [0.2, 0.25) is 10.0 Å². The van der Waals surface area contributed by atoms with E-state index in [4.69, 9.17) is 5.14 Å². The van der Waals surface area contributed by atoms with Crippen molar-refractivity contribution in [3.63, 3.8) is 0 Å². The number of phenols is 1. The summed E-state index contributed by atoms with van der Waals surface area (Å²) in [6.07, 6.45) is 0. The van der Waals surface area contributed by atoms with Gasteiger partial charge >= 0.3 is 39.6 Å². The summed E-state index contributed by atoms with van der Waals surface area (Å²) in [5.74, 6) is -0.810. The summed E-state index contributed by atoms with van der Waals surface area (Å²) in [6, 6.07) is 24.4. The Morgan fingerprint density at radius 1 is 0.685 bits per heavy atom. The summed E-state index contributed by atoms with van der Waals surface area (Å²) in [4.78, 5) is 24.7. The van der Waals surface area contributed by atoms with Gasteiger partial charge in [-0.2, -0.15) is 13.5 Å². The van der Waals surface area contributed by atoms with Crippen LogP contribution in [-0.2, 0) is 37.4 Å². The molecule has 18 nitrogen and oxygen atoms in total. The maximum Gasteiger partial charge on any atom is 1.00 e. The van der Waals surface area contributed by atoms with Crippen LogP contribution in [0.4, 0.5) is 22.7 Å². The van der Waals surface area contributed by atoms with E-state index in [0.717, 1.165) is 24.3 Å². The molecule has 0 aliphatic heterocycles. The first-order valence-corrected chi connectivity index (χ1v) is 18.1. The van der Waals surface area contributed by atoms with E-state index >= 15 is 0 Å². The fourth-order valence-corrected chi connectivity index (χ4v) is 5.67. The van der Waals surface area contributed by atoms with Crippen molar-refractivity contribution in [2.24, 2.45) is 25.6 Å². The van der Waals surface area contributed by atoms with Crippen molar-refractivity contribution in [1.82, 2.24) is 19.6 Å². The van der Waals surface area contributed by atoms with Crippen molar-refractivity contribution in [3.05, 3.63) is 129 Å². The van der Waals surface area contributed by atoms with E-state index in [-0.39, 0.29) is 85.2 Å². The fourth-order valence-electron chi connectivity index (χ4n) is 4.57. The number of aromatic nitrogens is 4. The molecule has 6 aromatic rings. The molecule has 22 heteroatoms. The molecule has 0 unspecified atom stereocenters. The number of aromatic amines is 2. The molecule has 2 heterocycles. The molecule has 54 heavy (non-hydrogen) atoms. The minimum Gasteiger partial charge on any atom is -0.871 e.